The Balaban J connectivity index is 2.68. The van der Waals surface area contributed by atoms with E-state index in [1.54, 1.807) is 13.1 Å². The maximum atomic E-state index is 11.8. The Morgan fingerprint density at radius 1 is 1.26 bits per heavy atom. The highest BCUT2D eigenvalue weighted by Gasteiger charge is 2.11. The predicted molar refractivity (Wildman–Crippen MR) is 78.9 cm³/mol. The first-order chi connectivity index (χ1) is 8.95. The first kappa shape index (κ1) is 15.4. The summed E-state index contributed by atoms with van der Waals surface area (Å²) >= 11 is 0. The second kappa shape index (κ2) is 7.10. The van der Waals surface area contributed by atoms with Crippen LogP contribution in [0, 0.1) is 0 Å². The van der Waals surface area contributed by atoms with Gasteiger partial charge in [-0.25, -0.2) is 0 Å². The van der Waals surface area contributed by atoms with Crippen LogP contribution in [0.25, 0.3) is 6.08 Å². The Morgan fingerprint density at radius 3 is 2.32 bits per heavy atom. The third kappa shape index (κ3) is 4.52. The molecule has 0 saturated carbocycles. The standard InChI is InChI=1S/C16H23NO2/c1-12(2)15-8-5-14(6-9-15)7-10-16(19)17(4)13(3)11-18/h5-10,12-13,18H,11H2,1-4H3/b10-7+. The van der Waals surface area contributed by atoms with Gasteiger partial charge in [-0.1, -0.05) is 38.1 Å². The van der Waals surface area contributed by atoms with E-state index in [1.165, 1.54) is 16.5 Å². The minimum Gasteiger partial charge on any atom is -0.394 e. The summed E-state index contributed by atoms with van der Waals surface area (Å²) in [6.45, 7) is 6.08. The van der Waals surface area contributed by atoms with Gasteiger partial charge in [-0.2, -0.15) is 0 Å². The summed E-state index contributed by atoms with van der Waals surface area (Å²) in [7, 11) is 1.69. The molecule has 0 aliphatic heterocycles. The Labute approximate surface area is 115 Å². The lowest BCUT2D eigenvalue weighted by Crippen LogP contribution is -2.36. The second-order valence-corrected chi connectivity index (χ2v) is 5.14. The van der Waals surface area contributed by atoms with Gasteiger partial charge in [0.25, 0.3) is 0 Å². The SMILES string of the molecule is CC(C)c1ccc(/C=C/C(=O)N(C)C(C)CO)cc1. The van der Waals surface area contributed by atoms with Crippen LogP contribution in [0.3, 0.4) is 0 Å². The maximum absolute atomic E-state index is 11.8. The molecular formula is C16H23NO2. The van der Waals surface area contributed by atoms with E-state index in [4.69, 9.17) is 5.11 Å². The number of rotatable bonds is 5. The van der Waals surface area contributed by atoms with E-state index >= 15 is 0 Å². The number of benzene rings is 1. The molecule has 3 nitrogen and oxygen atoms in total. The molecule has 1 unspecified atom stereocenters. The fourth-order valence-electron chi connectivity index (χ4n) is 1.62. The van der Waals surface area contributed by atoms with Crippen LogP contribution in [0.2, 0.25) is 0 Å². The van der Waals surface area contributed by atoms with Crippen LogP contribution in [0.4, 0.5) is 0 Å². The summed E-state index contributed by atoms with van der Waals surface area (Å²) in [4.78, 5) is 13.3. The molecule has 0 aromatic heterocycles. The average Bonchev–Trinajstić information content (AvgIpc) is 2.43. The van der Waals surface area contributed by atoms with Crippen LogP contribution in [0.5, 0.6) is 0 Å². The van der Waals surface area contributed by atoms with Gasteiger partial charge in [0, 0.05) is 13.1 Å². The zero-order valence-corrected chi connectivity index (χ0v) is 12.1. The van der Waals surface area contributed by atoms with Crippen LogP contribution < -0.4 is 0 Å². The fraction of sp³-hybridized carbons (Fsp3) is 0.438. The Hall–Kier alpha value is -1.61. The molecule has 0 radical (unpaired) electrons. The average molecular weight is 261 g/mol. The lowest BCUT2D eigenvalue weighted by atomic mass is 10.0. The molecule has 1 amide bonds. The molecule has 1 atom stereocenters. The molecule has 0 heterocycles. The van der Waals surface area contributed by atoms with Crippen molar-refractivity contribution >= 4 is 12.0 Å². The Kier molecular flexibility index (Phi) is 5.77. The van der Waals surface area contributed by atoms with Crippen molar-refractivity contribution in [3.63, 3.8) is 0 Å². The van der Waals surface area contributed by atoms with Gasteiger partial charge < -0.3 is 10.0 Å². The van der Waals surface area contributed by atoms with E-state index in [2.05, 4.69) is 26.0 Å². The molecular weight excluding hydrogens is 238 g/mol. The normalized spacial score (nSPS) is 12.9. The molecule has 0 aliphatic carbocycles. The van der Waals surface area contributed by atoms with E-state index in [-0.39, 0.29) is 18.6 Å². The van der Waals surface area contributed by atoms with Crippen LogP contribution in [-0.4, -0.2) is 35.6 Å². The van der Waals surface area contributed by atoms with Gasteiger partial charge in [0.15, 0.2) is 0 Å². The van der Waals surface area contributed by atoms with Crippen molar-refractivity contribution in [3.05, 3.63) is 41.5 Å². The van der Waals surface area contributed by atoms with Crippen LogP contribution >= 0.6 is 0 Å². The van der Waals surface area contributed by atoms with Gasteiger partial charge in [0.2, 0.25) is 5.91 Å². The van der Waals surface area contributed by atoms with Gasteiger partial charge in [-0.15, -0.1) is 0 Å². The van der Waals surface area contributed by atoms with Crippen molar-refractivity contribution in [3.8, 4) is 0 Å². The summed E-state index contributed by atoms with van der Waals surface area (Å²) in [5, 5.41) is 9.00. The van der Waals surface area contributed by atoms with Crippen LogP contribution in [0.15, 0.2) is 30.3 Å². The topological polar surface area (TPSA) is 40.5 Å². The zero-order valence-electron chi connectivity index (χ0n) is 12.1. The predicted octanol–water partition coefficient (Wildman–Crippen LogP) is 2.66. The van der Waals surface area contributed by atoms with Crippen molar-refractivity contribution in [2.75, 3.05) is 13.7 Å². The summed E-state index contributed by atoms with van der Waals surface area (Å²) in [5.41, 5.74) is 2.29. The van der Waals surface area contributed by atoms with Gasteiger partial charge in [0.1, 0.15) is 0 Å². The monoisotopic (exact) mass is 261 g/mol. The minimum absolute atomic E-state index is 0.0286. The summed E-state index contributed by atoms with van der Waals surface area (Å²) in [6.07, 6.45) is 3.34. The number of likely N-dealkylation sites (N-methyl/N-ethyl adjacent to an activating group) is 1. The summed E-state index contributed by atoms with van der Waals surface area (Å²) < 4.78 is 0. The molecule has 0 bridgehead atoms. The molecule has 0 aliphatic rings. The highest BCUT2D eigenvalue weighted by molar-refractivity contribution is 5.91. The van der Waals surface area contributed by atoms with Gasteiger partial charge in [-0.05, 0) is 30.0 Å². The number of hydrogen-bond donors (Lipinski definition) is 1. The number of carbonyl (C=O) groups is 1. The van der Waals surface area contributed by atoms with Gasteiger partial charge >= 0.3 is 0 Å². The highest BCUT2D eigenvalue weighted by Crippen LogP contribution is 2.15. The van der Waals surface area contributed by atoms with E-state index in [9.17, 15) is 4.79 Å². The van der Waals surface area contributed by atoms with Crippen LogP contribution in [-0.2, 0) is 4.79 Å². The summed E-state index contributed by atoms with van der Waals surface area (Å²) in [5.74, 6) is 0.408. The number of carbonyl (C=O) groups excluding carboxylic acids is 1. The second-order valence-electron chi connectivity index (χ2n) is 5.14. The Bertz CT molecular complexity index is 435. The van der Waals surface area contributed by atoms with E-state index in [0.717, 1.165) is 5.56 Å². The first-order valence-corrected chi connectivity index (χ1v) is 6.61. The van der Waals surface area contributed by atoms with Gasteiger partial charge in [0.05, 0.1) is 12.6 Å². The third-order valence-electron chi connectivity index (χ3n) is 3.29. The van der Waals surface area contributed by atoms with E-state index in [1.807, 2.05) is 19.1 Å². The van der Waals surface area contributed by atoms with Crippen molar-refractivity contribution in [1.82, 2.24) is 4.90 Å². The van der Waals surface area contributed by atoms with Crippen molar-refractivity contribution in [2.24, 2.45) is 0 Å². The fourth-order valence-corrected chi connectivity index (χ4v) is 1.62. The number of aliphatic hydroxyl groups excluding tert-OH is 1. The lowest BCUT2D eigenvalue weighted by molar-refractivity contribution is -0.127. The quantitative estimate of drug-likeness (QED) is 0.828. The molecule has 1 rings (SSSR count). The number of aliphatic hydroxyl groups is 1. The van der Waals surface area contributed by atoms with E-state index < -0.39 is 0 Å². The molecule has 0 spiro atoms. The highest BCUT2D eigenvalue weighted by atomic mass is 16.3. The molecule has 3 heteroatoms. The van der Waals surface area contributed by atoms with Crippen molar-refractivity contribution in [1.29, 1.82) is 0 Å². The maximum Gasteiger partial charge on any atom is 0.246 e. The third-order valence-corrected chi connectivity index (χ3v) is 3.29. The minimum atomic E-state index is -0.166. The molecule has 104 valence electrons. The number of amides is 1. The molecule has 1 aromatic carbocycles. The molecule has 1 aromatic rings. The molecule has 19 heavy (non-hydrogen) atoms. The first-order valence-electron chi connectivity index (χ1n) is 6.61. The molecule has 1 N–H and O–H groups in total. The molecule has 0 saturated heterocycles. The van der Waals surface area contributed by atoms with Crippen molar-refractivity contribution in [2.45, 2.75) is 32.7 Å². The zero-order chi connectivity index (χ0) is 14.4. The lowest BCUT2D eigenvalue weighted by Gasteiger charge is -2.21. The smallest absolute Gasteiger partial charge is 0.246 e. The number of hydrogen-bond acceptors (Lipinski definition) is 2. The van der Waals surface area contributed by atoms with Gasteiger partial charge in [-0.3, -0.25) is 4.79 Å². The summed E-state index contributed by atoms with van der Waals surface area (Å²) in [6, 6.07) is 8.01. The van der Waals surface area contributed by atoms with E-state index in [0.29, 0.717) is 5.92 Å². The Morgan fingerprint density at radius 2 is 1.84 bits per heavy atom. The largest absolute Gasteiger partial charge is 0.394 e. The van der Waals surface area contributed by atoms with Crippen molar-refractivity contribution < 1.29 is 9.90 Å². The van der Waals surface area contributed by atoms with Crippen LogP contribution in [0.1, 0.15) is 37.8 Å². The number of nitrogens with zero attached hydrogens (tertiary/aromatic N) is 1. The molecule has 0 fully saturated rings.